The average molecular weight is 662 g/mol. The van der Waals surface area contributed by atoms with Crippen LogP contribution in [0.4, 0.5) is 5.69 Å². The van der Waals surface area contributed by atoms with Crippen molar-refractivity contribution >= 4 is 5.69 Å². The standard InChI is InChI=1S/C34H51N3O10/c1-25(19-41-3)20-43-21-26-6-9-28(10-7-26)34-32(17-35-18-33(34)46-24-29(23-42-4)47-37(38)39)45-22-27-8-11-31-30(16-27)36(13-15-44-31)12-5-14-40-2/h6-11,16,25,29,32-35H,5,12-15,17-24H2,1-4H3/t25?,29?,32-,33+,34+/m0/s1. The van der Waals surface area contributed by atoms with E-state index in [0.29, 0.717) is 58.6 Å². The van der Waals surface area contributed by atoms with Crippen LogP contribution in [0.5, 0.6) is 5.75 Å². The number of nitrogens with zero attached hydrogens (tertiary/aromatic N) is 2. The molecule has 0 radical (unpaired) electrons. The lowest BCUT2D eigenvalue weighted by Gasteiger charge is -2.39. The van der Waals surface area contributed by atoms with E-state index in [1.54, 1.807) is 14.2 Å². The molecule has 1 N–H and O–H groups in total. The number of fused-ring (bicyclic) bond motifs is 1. The van der Waals surface area contributed by atoms with Crippen molar-refractivity contribution in [1.82, 2.24) is 5.32 Å². The monoisotopic (exact) mass is 661 g/mol. The van der Waals surface area contributed by atoms with Gasteiger partial charge in [0, 0.05) is 59.4 Å². The molecule has 0 saturated carbocycles. The summed E-state index contributed by atoms with van der Waals surface area (Å²) in [6, 6.07) is 14.5. The predicted molar refractivity (Wildman–Crippen MR) is 175 cm³/mol. The number of piperidine rings is 1. The number of anilines is 1. The maximum atomic E-state index is 11.1. The molecule has 0 aliphatic carbocycles. The lowest BCUT2D eigenvalue weighted by molar-refractivity contribution is -0.769. The first-order chi connectivity index (χ1) is 22.9. The third-order valence-electron chi connectivity index (χ3n) is 8.29. The molecule has 13 heteroatoms. The van der Waals surface area contributed by atoms with Crippen LogP contribution in [0, 0.1) is 16.0 Å². The van der Waals surface area contributed by atoms with Gasteiger partial charge in [-0.25, -0.2) is 0 Å². The SMILES string of the molecule is COCCCN1CCOc2ccc(CO[C@H]3CNC[C@@H](OCC(COC)O[N+](=O)[O-])[C@@H]3c3ccc(COCC(C)COC)cc3)cc21. The Hall–Kier alpha value is -3.04. The van der Waals surface area contributed by atoms with Crippen LogP contribution >= 0.6 is 0 Å². The lowest BCUT2D eigenvalue weighted by atomic mass is 9.85. The van der Waals surface area contributed by atoms with Crippen molar-refractivity contribution in [3.05, 3.63) is 69.3 Å². The highest BCUT2D eigenvalue weighted by Crippen LogP contribution is 2.35. The number of ether oxygens (including phenoxy) is 7. The molecule has 2 aliphatic rings. The number of methoxy groups -OCH3 is 3. The summed E-state index contributed by atoms with van der Waals surface area (Å²) < 4.78 is 40.4. The van der Waals surface area contributed by atoms with Gasteiger partial charge >= 0.3 is 0 Å². The first kappa shape index (κ1) is 36.8. The van der Waals surface area contributed by atoms with Crippen molar-refractivity contribution in [2.75, 3.05) is 92.0 Å². The normalized spacial score (nSPS) is 20.7. The number of benzene rings is 2. The van der Waals surface area contributed by atoms with Crippen LogP contribution in [0.2, 0.25) is 0 Å². The highest BCUT2D eigenvalue weighted by Gasteiger charge is 2.37. The third-order valence-corrected chi connectivity index (χ3v) is 8.29. The minimum absolute atomic E-state index is 0.000301. The molecule has 13 nitrogen and oxygen atoms in total. The van der Waals surface area contributed by atoms with Gasteiger partial charge in [0.15, 0.2) is 6.10 Å². The highest BCUT2D eigenvalue weighted by atomic mass is 17.0. The molecule has 0 spiro atoms. The van der Waals surface area contributed by atoms with Gasteiger partial charge in [0.2, 0.25) is 0 Å². The molecular weight excluding hydrogens is 610 g/mol. The Morgan fingerprint density at radius 2 is 1.68 bits per heavy atom. The van der Waals surface area contributed by atoms with E-state index in [1.165, 1.54) is 7.11 Å². The summed E-state index contributed by atoms with van der Waals surface area (Å²) in [7, 11) is 4.89. The first-order valence-corrected chi connectivity index (χ1v) is 16.3. The molecule has 0 bridgehead atoms. The Morgan fingerprint density at radius 3 is 2.40 bits per heavy atom. The molecule has 5 atom stereocenters. The van der Waals surface area contributed by atoms with E-state index in [0.717, 1.165) is 47.6 Å². The fourth-order valence-electron chi connectivity index (χ4n) is 6.05. The molecule has 47 heavy (non-hydrogen) atoms. The summed E-state index contributed by atoms with van der Waals surface area (Å²) in [5.74, 6) is 1.05. The highest BCUT2D eigenvalue weighted by molar-refractivity contribution is 5.61. The minimum atomic E-state index is -0.846. The van der Waals surface area contributed by atoms with E-state index >= 15 is 0 Å². The Labute approximate surface area is 277 Å². The van der Waals surface area contributed by atoms with Gasteiger partial charge in [0.05, 0.1) is 64.1 Å². The Balaban J connectivity index is 1.48. The predicted octanol–water partition coefficient (Wildman–Crippen LogP) is 3.60. The van der Waals surface area contributed by atoms with Crippen LogP contribution in [0.15, 0.2) is 42.5 Å². The van der Waals surface area contributed by atoms with Gasteiger partial charge in [-0.15, -0.1) is 10.1 Å². The summed E-state index contributed by atoms with van der Waals surface area (Å²) in [6.45, 7) is 8.55. The molecule has 1 saturated heterocycles. The van der Waals surface area contributed by atoms with Gasteiger partial charge in [-0.3, -0.25) is 0 Å². The van der Waals surface area contributed by atoms with Crippen molar-refractivity contribution in [2.24, 2.45) is 5.92 Å². The zero-order chi connectivity index (χ0) is 33.4. The van der Waals surface area contributed by atoms with Gasteiger partial charge in [-0.05, 0) is 35.2 Å². The summed E-state index contributed by atoms with van der Waals surface area (Å²) in [5, 5.41) is 13.7. The van der Waals surface area contributed by atoms with E-state index in [-0.39, 0.29) is 31.3 Å². The van der Waals surface area contributed by atoms with E-state index < -0.39 is 11.2 Å². The van der Waals surface area contributed by atoms with E-state index in [1.807, 2.05) is 12.1 Å². The van der Waals surface area contributed by atoms with Crippen molar-refractivity contribution in [2.45, 2.75) is 50.8 Å². The summed E-state index contributed by atoms with van der Waals surface area (Å²) >= 11 is 0. The molecule has 262 valence electrons. The number of hydrogen-bond acceptors (Lipinski definition) is 12. The van der Waals surface area contributed by atoms with Gasteiger partial charge < -0.3 is 48.2 Å². The van der Waals surface area contributed by atoms with Crippen LogP contribution in [0.3, 0.4) is 0 Å². The van der Waals surface area contributed by atoms with E-state index in [9.17, 15) is 10.1 Å². The summed E-state index contributed by atoms with van der Waals surface area (Å²) in [5.41, 5.74) is 4.23. The number of rotatable bonds is 21. The van der Waals surface area contributed by atoms with Crippen molar-refractivity contribution in [3.63, 3.8) is 0 Å². The topological polar surface area (TPSA) is 132 Å². The van der Waals surface area contributed by atoms with E-state index in [2.05, 4.69) is 47.5 Å². The van der Waals surface area contributed by atoms with Crippen LogP contribution in [-0.2, 0) is 46.5 Å². The van der Waals surface area contributed by atoms with Crippen LogP contribution < -0.4 is 15.0 Å². The quantitative estimate of drug-likeness (QED) is 0.119. The van der Waals surface area contributed by atoms with Gasteiger partial charge in [0.1, 0.15) is 12.4 Å². The zero-order valence-electron chi connectivity index (χ0n) is 28.1. The fourth-order valence-corrected chi connectivity index (χ4v) is 6.05. The Kier molecular flexibility index (Phi) is 15.4. The second-order valence-electron chi connectivity index (χ2n) is 12.1. The van der Waals surface area contributed by atoms with Crippen molar-refractivity contribution in [1.29, 1.82) is 0 Å². The zero-order valence-corrected chi connectivity index (χ0v) is 28.1. The molecule has 1 fully saturated rings. The molecular formula is C34H51N3O10. The largest absolute Gasteiger partial charge is 0.490 e. The molecule has 2 aromatic carbocycles. The molecule has 2 unspecified atom stereocenters. The van der Waals surface area contributed by atoms with Crippen molar-refractivity contribution in [3.8, 4) is 5.75 Å². The summed E-state index contributed by atoms with van der Waals surface area (Å²) in [4.78, 5) is 18.2. The third kappa shape index (κ3) is 11.6. The van der Waals surface area contributed by atoms with Crippen LogP contribution in [0.1, 0.15) is 36.0 Å². The number of nitrogens with one attached hydrogen (secondary N) is 1. The molecule has 2 aliphatic heterocycles. The van der Waals surface area contributed by atoms with Gasteiger partial charge in [-0.1, -0.05) is 37.3 Å². The van der Waals surface area contributed by atoms with Crippen molar-refractivity contribution < 1.29 is 43.1 Å². The summed E-state index contributed by atoms with van der Waals surface area (Å²) in [6.07, 6.45) is -0.466. The molecule has 2 heterocycles. The minimum Gasteiger partial charge on any atom is -0.490 e. The maximum Gasteiger partial charge on any atom is 0.294 e. The molecule has 0 aromatic heterocycles. The van der Waals surface area contributed by atoms with E-state index in [4.69, 9.17) is 38.0 Å². The molecule has 2 aromatic rings. The second kappa shape index (κ2) is 19.7. The average Bonchev–Trinajstić information content (AvgIpc) is 3.07. The number of hydrogen-bond donors (Lipinski definition) is 1. The molecule has 4 rings (SSSR count). The first-order valence-electron chi connectivity index (χ1n) is 16.3. The van der Waals surface area contributed by atoms with Crippen LogP contribution in [-0.4, -0.2) is 111 Å². The van der Waals surface area contributed by atoms with Gasteiger partial charge in [0.25, 0.3) is 5.09 Å². The molecule has 0 amide bonds. The Bertz CT molecular complexity index is 1200. The lowest BCUT2D eigenvalue weighted by Crippen LogP contribution is -2.51. The van der Waals surface area contributed by atoms with Gasteiger partial charge in [-0.2, -0.15) is 0 Å². The smallest absolute Gasteiger partial charge is 0.294 e. The second-order valence-corrected chi connectivity index (χ2v) is 12.1. The maximum absolute atomic E-state index is 11.1. The van der Waals surface area contributed by atoms with Crippen LogP contribution in [0.25, 0.3) is 0 Å². The fraction of sp³-hybridized carbons (Fsp3) is 0.647. The Morgan fingerprint density at radius 1 is 0.936 bits per heavy atom.